The molecule has 0 bridgehead atoms. The van der Waals surface area contributed by atoms with Crippen LogP contribution in [0.25, 0.3) is 0 Å². The van der Waals surface area contributed by atoms with E-state index >= 15 is 0 Å². The van der Waals surface area contributed by atoms with E-state index in [0.29, 0.717) is 0 Å². The molecule has 0 atom stereocenters. The quantitative estimate of drug-likeness (QED) is 0.606. The van der Waals surface area contributed by atoms with E-state index in [-0.39, 0.29) is 6.09 Å². The summed E-state index contributed by atoms with van der Waals surface area (Å²) in [6.45, 7) is 10.2. The summed E-state index contributed by atoms with van der Waals surface area (Å²) in [5.74, 6) is 1.14. The summed E-state index contributed by atoms with van der Waals surface area (Å²) in [6, 6.07) is 10.5. The smallest absolute Gasteiger partial charge is 0.410 e. The van der Waals surface area contributed by atoms with Crippen LogP contribution in [0.4, 0.5) is 4.79 Å². The average molecular weight is 337 g/mol. The van der Waals surface area contributed by atoms with E-state index in [9.17, 15) is 4.79 Å². The van der Waals surface area contributed by atoms with Crippen molar-refractivity contribution in [1.82, 2.24) is 9.80 Å². The summed E-state index contributed by atoms with van der Waals surface area (Å²) in [6.07, 6.45) is 0.989. The first-order valence-electron chi connectivity index (χ1n) is 8.32. The second kappa shape index (κ2) is 8.60. The number of rotatable bonds is 5. The van der Waals surface area contributed by atoms with Gasteiger partial charge in [-0.1, -0.05) is 18.2 Å². The molecule has 0 saturated carbocycles. The molecule has 0 spiro atoms. The third-order valence-corrected chi connectivity index (χ3v) is 4.75. The summed E-state index contributed by atoms with van der Waals surface area (Å²) in [7, 11) is 0. The molecule has 0 radical (unpaired) electrons. The van der Waals surface area contributed by atoms with Gasteiger partial charge in [-0.2, -0.15) is 0 Å². The largest absolute Gasteiger partial charge is 0.444 e. The number of amides is 1. The van der Waals surface area contributed by atoms with Gasteiger partial charge in [-0.15, -0.1) is 11.8 Å². The monoisotopic (exact) mass is 336 g/mol. The molecule has 1 saturated heterocycles. The Hall–Kier alpha value is -1.20. The Morgan fingerprint density at radius 3 is 2.39 bits per heavy atom. The molecule has 0 aliphatic carbocycles. The zero-order valence-corrected chi connectivity index (χ0v) is 15.3. The Kier molecular flexibility index (Phi) is 6.78. The van der Waals surface area contributed by atoms with Crippen molar-refractivity contribution >= 4 is 17.9 Å². The van der Waals surface area contributed by atoms with E-state index in [1.807, 2.05) is 43.5 Å². The van der Waals surface area contributed by atoms with Crippen molar-refractivity contribution in [2.45, 2.75) is 37.7 Å². The normalized spacial score (nSPS) is 16.4. The zero-order chi connectivity index (χ0) is 16.7. The minimum absolute atomic E-state index is 0.184. The molecule has 0 unspecified atom stereocenters. The van der Waals surface area contributed by atoms with Gasteiger partial charge in [-0.25, -0.2) is 4.79 Å². The topological polar surface area (TPSA) is 32.8 Å². The minimum atomic E-state index is -0.414. The second-order valence-corrected chi connectivity index (χ2v) is 7.99. The van der Waals surface area contributed by atoms with Crippen LogP contribution in [0.5, 0.6) is 0 Å². The maximum atomic E-state index is 12.0. The van der Waals surface area contributed by atoms with E-state index in [2.05, 4.69) is 29.2 Å². The number of ether oxygens (including phenoxy) is 1. The number of carbonyl (C=O) groups is 1. The summed E-state index contributed by atoms with van der Waals surface area (Å²) in [5.41, 5.74) is -0.414. The van der Waals surface area contributed by atoms with E-state index < -0.39 is 5.60 Å². The van der Waals surface area contributed by atoms with Crippen LogP contribution in [0.3, 0.4) is 0 Å². The third kappa shape index (κ3) is 6.83. The van der Waals surface area contributed by atoms with Gasteiger partial charge in [0.1, 0.15) is 5.60 Å². The molecule has 1 aliphatic rings. The van der Waals surface area contributed by atoms with Gasteiger partial charge in [0.15, 0.2) is 0 Å². The van der Waals surface area contributed by atoms with Crippen LogP contribution in [0, 0.1) is 0 Å². The molecule has 2 rings (SSSR count). The molecule has 1 aromatic rings. The third-order valence-electron chi connectivity index (χ3n) is 3.65. The predicted molar refractivity (Wildman–Crippen MR) is 96.0 cm³/mol. The van der Waals surface area contributed by atoms with Crippen molar-refractivity contribution < 1.29 is 9.53 Å². The lowest BCUT2D eigenvalue weighted by atomic mass is 10.2. The molecular weight excluding hydrogens is 308 g/mol. The van der Waals surface area contributed by atoms with Crippen LogP contribution in [-0.2, 0) is 4.74 Å². The molecule has 1 fully saturated rings. The van der Waals surface area contributed by atoms with Crippen LogP contribution in [0.2, 0.25) is 0 Å². The standard InChI is InChI=1S/C18H28N2O2S/c1-18(2,3)22-17(21)20-13-11-19(12-14-20)10-7-15-23-16-8-5-4-6-9-16/h4-6,8-9H,7,10-15H2,1-3H3. The van der Waals surface area contributed by atoms with Crippen molar-refractivity contribution in [1.29, 1.82) is 0 Å². The molecule has 1 aliphatic heterocycles. The highest BCUT2D eigenvalue weighted by Gasteiger charge is 2.25. The minimum Gasteiger partial charge on any atom is -0.444 e. The molecular formula is C18H28N2O2S. The van der Waals surface area contributed by atoms with Crippen molar-refractivity contribution in [2.24, 2.45) is 0 Å². The van der Waals surface area contributed by atoms with Crippen LogP contribution >= 0.6 is 11.8 Å². The summed E-state index contributed by atoms with van der Waals surface area (Å²) < 4.78 is 5.43. The highest BCUT2D eigenvalue weighted by molar-refractivity contribution is 7.99. The van der Waals surface area contributed by atoms with Crippen molar-refractivity contribution in [2.75, 3.05) is 38.5 Å². The van der Waals surface area contributed by atoms with Crippen molar-refractivity contribution in [3.05, 3.63) is 30.3 Å². The molecule has 0 N–H and O–H groups in total. The fourth-order valence-electron chi connectivity index (χ4n) is 2.48. The number of benzene rings is 1. The van der Waals surface area contributed by atoms with Gasteiger partial charge in [0.25, 0.3) is 0 Å². The fraction of sp³-hybridized carbons (Fsp3) is 0.611. The Bertz CT molecular complexity index is 480. The Labute approximate surface area is 144 Å². The first kappa shape index (κ1) is 18.1. The molecule has 128 valence electrons. The lowest BCUT2D eigenvalue weighted by molar-refractivity contribution is 0.0146. The maximum absolute atomic E-state index is 12.0. The van der Waals surface area contributed by atoms with Crippen LogP contribution in [-0.4, -0.2) is 60.0 Å². The van der Waals surface area contributed by atoms with Crippen molar-refractivity contribution in [3.8, 4) is 0 Å². The molecule has 5 heteroatoms. The molecule has 23 heavy (non-hydrogen) atoms. The van der Waals surface area contributed by atoms with Gasteiger partial charge < -0.3 is 9.64 Å². The van der Waals surface area contributed by atoms with Gasteiger partial charge in [-0.05, 0) is 51.6 Å². The number of hydrogen-bond acceptors (Lipinski definition) is 4. The summed E-state index contributed by atoms with van der Waals surface area (Å²) >= 11 is 1.91. The van der Waals surface area contributed by atoms with E-state index in [1.54, 1.807) is 0 Å². The Morgan fingerprint density at radius 2 is 1.78 bits per heavy atom. The first-order valence-corrected chi connectivity index (χ1v) is 9.31. The molecule has 4 nitrogen and oxygen atoms in total. The number of carbonyl (C=O) groups excluding carboxylic acids is 1. The van der Waals surface area contributed by atoms with Gasteiger partial charge >= 0.3 is 6.09 Å². The number of thioether (sulfide) groups is 1. The zero-order valence-electron chi connectivity index (χ0n) is 14.5. The number of nitrogens with zero attached hydrogens (tertiary/aromatic N) is 2. The Morgan fingerprint density at radius 1 is 1.13 bits per heavy atom. The fourth-order valence-corrected chi connectivity index (χ4v) is 3.33. The SMILES string of the molecule is CC(C)(C)OC(=O)N1CCN(CCCSc2ccccc2)CC1. The van der Waals surface area contributed by atoms with Crippen LogP contribution in [0.15, 0.2) is 35.2 Å². The number of piperazine rings is 1. The van der Waals surface area contributed by atoms with E-state index in [1.165, 1.54) is 11.3 Å². The highest BCUT2D eigenvalue weighted by Crippen LogP contribution is 2.18. The van der Waals surface area contributed by atoms with Crippen LogP contribution < -0.4 is 0 Å². The highest BCUT2D eigenvalue weighted by atomic mass is 32.2. The lowest BCUT2D eigenvalue weighted by Crippen LogP contribution is -2.50. The molecule has 1 aromatic carbocycles. The van der Waals surface area contributed by atoms with E-state index in [4.69, 9.17) is 4.74 Å². The van der Waals surface area contributed by atoms with E-state index in [0.717, 1.165) is 38.5 Å². The maximum Gasteiger partial charge on any atom is 0.410 e. The first-order chi connectivity index (χ1) is 10.9. The summed E-state index contributed by atoms with van der Waals surface area (Å²) in [5, 5.41) is 0. The van der Waals surface area contributed by atoms with Gasteiger partial charge in [0.05, 0.1) is 0 Å². The average Bonchev–Trinajstić information content (AvgIpc) is 2.51. The summed E-state index contributed by atoms with van der Waals surface area (Å²) in [4.78, 5) is 17.6. The van der Waals surface area contributed by atoms with Gasteiger partial charge in [-0.3, -0.25) is 4.90 Å². The van der Waals surface area contributed by atoms with Crippen molar-refractivity contribution in [3.63, 3.8) is 0 Å². The van der Waals surface area contributed by atoms with Gasteiger partial charge in [0.2, 0.25) is 0 Å². The van der Waals surface area contributed by atoms with Gasteiger partial charge in [0, 0.05) is 31.1 Å². The second-order valence-electron chi connectivity index (χ2n) is 6.82. The molecule has 0 aromatic heterocycles. The predicted octanol–water partition coefficient (Wildman–Crippen LogP) is 3.72. The molecule has 1 amide bonds. The lowest BCUT2D eigenvalue weighted by Gasteiger charge is -2.35. The molecule has 1 heterocycles. The number of hydrogen-bond donors (Lipinski definition) is 0. The van der Waals surface area contributed by atoms with Crippen LogP contribution in [0.1, 0.15) is 27.2 Å². The Balaban J connectivity index is 1.60.